The van der Waals surface area contributed by atoms with E-state index in [0.29, 0.717) is 5.92 Å². The highest BCUT2D eigenvalue weighted by Crippen LogP contribution is 2.36. The largest absolute Gasteiger partial charge is 0.393 e. The van der Waals surface area contributed by atoms with E-state index in [9.17, 15) is 5.11 Å². The van der Waals surface area contributed by atoms with Gasteiger partial charge in [0, 0.05) is 0 Å². The van der Waals surface area contributed by atoms with Crippen LogP contribution in [0.2, 0.25) is 0 Å². The summed E-state index contributed by atoms with van der Waals surface area (Å²) < 4.78 is 0. The first kappa shape index (κ1) is 14.6. The molecular formula is C18H28O. The summed E-state index contributed by atoms with van der Waals surface area (Å²) in [7, 11) is 0. The third kappa shape index (κ3) is 3.39. The summed E-state index contributed by atoms with van der Waals surface area (Å²) in [6.45, 7) is 9.02. The van der Waals surface area contributed by atoms with Crippen LogP contribution < -0.4 is 0 Å². The van der Waals surface area contributed by atoms with Gasteiger partial charge < -0.3 is 5.11 Å². The molecule has 1 heteroatoms. The van der Waals surface area contributed by atoms with Gasteiger partial charge in [0.1, 0.15) is 0 Å². The van der Waals surface area contributed by atoms with E-state index >= 15 is 0 Å². The highest BCUT2D eigenvalue weighted by Gasteiger charge is 2.31. The maximum absolute atomic E-state index is 10.3. The molecule has 1 aromatic carbocycles. The zero-order valence-electron chi connectivity index (χ0n) is 12.8. The van der Waals surface area contributed by atoms with Crippen molar-refractivity contribution in [2.75, 3.05) is 0 Å². The Labute approximate surface area is 118 Å². The molecule has 0 spiro atoms. The van der Waals surface area contributed by atoms with Crippen molar-refractivity contribution in [2.45, 2.75) is 59.5 Å². The van der Waals surface area contributed by atoms with Crippen LogP contribution in [0.15, 0.2) is 18.2 Å². The van der Waals surface area contributed by atoms with Gasteiger partial charge in [-0.3, -0.25) is 0 Å². The molecule has 0 bridgehead atoms. The second-order valence-corrected chi connectivity index (χ2v) is 6.72. The highest BCUT2D eigenvalue weighted by atomic mass is 16.3. The molecular weight excluding hydrogens is 232 g/mol. The van der Waals surface area contributed by atoms with Crippen LogP contribution in [0.3, 0.4) is 0 Å². The van der Waals surface area contributed by atoms with E-state index in [1.165, 1.54) is 29.5 Å². The maximum atomic E-state index is 10.3. The fourth-order valence-electron chi connectivity index (χ4n) is 3.54. The molecule has 1 N–H and O–H groups in total. The molecule has 3 atom stereocenters. The summed E-state index contributed by atoms with van der Waals surface area (Å²) in [5.41, 5.74) is 4.20. The summed E-state index contributed by atoms with van der Waals surface area (Å²) in [5.74, 6) is 1.98. The van der Waals surface area contributed by atoms with Crippen molar-refractivity contribution in [3.05, 3.63) is 34.9 Å². The minimum Gasteiger partial charge on any atom is -0.393 e. The third-order valence-electron chi connectivity index (χ3n) is 5.04. The Morgan fingerprint density at radius 1 is 1.16 bits per heavy atom. The fourth-order valence-corrected chi connectivity index (χ4v) is 3.54. The lowest BCUT2D eigenvalue weighted by Gasteiger charge is -2.36. The molecule has 1 aliphatic rings. The molecule has 19 heavy (non-hydrogen) atoms. The van der Waals surface area contributed by atoms with Gasteiger partial charge >= 0.3 is 0 Å². The number of aliphatic hydroxyl groups is 1. The first-order valence-corrected chi connectivity index (χ1v) is 7.72. The van der Waals surface area contributed by atoms with E-state index in [1.807, 2.05) is 0 Å². The Morgan fingerprint density at radius 3 is 2.37 bits per heavy atom. The lowest BCUT2D eigenvalue weighted by Crippen LogP contribution is -2.32. The van der Waals surface area contributed by atoms with E-state index in [2.05, 4.69) is 45.9 Å². The van der Waals surface area contributed by atoms with Gasteiger partial charge in [0.2, 0.25) is 0 Å². The van der Waals surface area contributed by atoms with E-state index in [-0.39, 0.29) is 6.10 Å². The number of hydrogen-bond donors (Lipinski definition) is 1. The number of benzene rings is 1. The minimum absolute atomic E-state index is 0.103. The van der Waals surface area contributed by atoms with Gasteiger partial charge in [0.05, 0.1) is 6.10 Å². The average Bonchev–Trinajstić information content (AvgIpc) is 2.35. The SMILES string of the molecule is Cc1cccc(C)c1CC1CC(C(C)C)CCC1O. The van der Waals surface area contributed by atoms with Crippen LogP contribution in [0.4, 0.5) is 0 Å². The third-order valence-corrected chi connectivity index (χ3v) is 5.04. The lowest BCUT2D eigenvalue weighted by molar-refractivity contribution is 0.0377. The number of aliphatic hydroxyl groups excluding tert-OH is 1. The first-order chi connectivity index (χ1) is 8.99. The van der Waals surface area contributed by atoms with Crippen molar-refractivity contribution in [3.63, 3.8) is 0 Å². The molecule has 0 radical (unpaired) electrons. The van der Waals surface area contributed by atoms with Gasteiger partial charge in [-0.05, 0) is 74.0 Å². The van der Waals surface area contributed by atoms with Gasteiger partial charge in [-0.25, -0.2) is 0 Å². The van der Waals surface area contributed by atoms with Gasteiger partial charge in [0.15, 0.2) is 0 Å². The van der Waals surface area contributed by atoms with E-state index in [0.717, 1.165) is 24.7 Å². The van der Waals surface area contributed by atoms with Crippen LogP contribution in [-0.2, 0) is 6.42 Å². The van der Waals surface area contributed by atoms with Crippen LogP contribution in [-0.4, -0.2) is 11.2 Å². The summed E-state index contributed by atoms with van der Waals surface area (Å²) in [6.07, 6.45) is 4.31. The van der Waals surface area contributed by atoms with E-state index < -0.39 is 0 Å². The Morgan fingerprint density at radius 2 is 1.79 bits per heavy atom. The maximum Gasteiger partial charge on any atom is 0.0571 e. The second-order valence-electron chi connectivity index (χ2n) is 6.72. The molecule has 0 heterocycles. The topological polar surface area (TPSA) is 20.2 Å². The molecule has 0 amide bonds. The van der Waals surface area contributed by atoms with Crippen molar-refractivity contribution in [1.29, 1.82) is 0 Å². The normalized spacial score (nSPS) is 27.8. The minimum atomic E-state index is -0.103. The zero-order chi connectivity index (χ0) is 14.0. The molecule has 1 aliphatic carbocycles. The zero-order valence-corrected chi connectivity index (χ0v) is 12.8. The predicted octanol–water partition coefficient (Wildman–Crippen LogP) is 4.28. The Balaban J connectivity index is 2.12. The van der Waals surface area contributed by atoms with Gasteiger partial charge in [-0.15, -0.1) is 0 Å². The van der Waals surface area contributed by atoms with Gasteiger partial charge in [0.25, 0.3) is 0 Å². The monoisotopic (exact) mass is 260 g/mol. The van der Waals surface area contributed by atoms with Gasteiger partial charge in [-0.1, -0.05) is 32.0 Å². The highest BCUT2D eigenvalue weighted by molar-refractivity contribution is 5.34. The molecule has 2 rings (SSSR count). The van der Waals surface area contributed by atoms with Crippen molar-refractivity contribution < 1.29 is 5.11 Å². The molecule has 3 unspecified atom stereocenters. The molecule has 1 aromatic rings. The molecule has 106 valence electrons. The smallest absolute Gasteiger partial charge is 0.0571 e. The van der Waals surface area contributed by atoms with E-state index in [1.54, 1.807) is 0 Å². The standard InChI is InChI=1S/C18H28O/c1-12(2)15-8-9-18(19)16(10-15)11-17-13(3)6-5-7-14(17)4/h5-7,12,15-16,18-19H,8-11H2,1-4H3. The van der Waals surface area contributed by atoms with Crippen molar-refractivity contribution in [2.24, 2.45) is 17.8 Å². The van der Waals surface area contributed by atoms with Crippen LogP contribution >= 0.6 is 0 Å². The molecule has 1 saturated carbocycles. The Kier molecular flexibility index (Phi) is 4.67. The quantitative estimate of drug-likeness (QED) is 0.860. The lowest BCUT2D eigenvalue weighted by atomic mass is 9.72. The van der Waals surface area contributed by atoms with Gasteiger partial charge in [-0.2, -0.15) is 0 Å². The molecule has 1 fully saturated rings. The predicted molar refractivity (Wildman–Crippen MR) is 81.3 cm³/mol. The summed E-state index contributed by atoms with van der Waals surface area (Å²) >= 11 is 0. The van der Waals surface area contributed by atoms with Crippen molar-refractivity contribution in [1.82, 2.24) is 0 Å². The van der Waals surface area contributed by atoms with Crippen molar-refractivity contribution >= 4 is 0 Å². The molecule has 0 saturated heterocycles. The summed E-state index contributed by atoms with van der Waals surface area (Å²) in [5, 5.41) is 10.3. The van der Waals surface area contributed by atoms with Crippen molar-refractivity contribution in [3.8, 4) is 0 Å². The molecule has 0 aromatic heterocycles. The average molecular weight is 260 g/mol. The Bertz CT molecular complexity index is 401. The van der Waals surface area contributed by atoms with Crippen LogP contribution in [0.25, 0.3) is 0 Å². The molecule has 1 nitrogen and oxygen atoms in total. The Hall–Kier alpha value is -0.820. The van der Waals surface area contributed by atoms with Crippen LogP contribution in [0.5, 0.6) is 0 Å². The summed E-state index contributed by atoms with van der Waals surface area (Å²) in [6, 6.07) is 6.51. The molecule has 0 aliphatic heterocycles. The summed E-state index contributed by atoms with van der Waals surface area (Å²) in [4.78, 5) is 0. The van der Waals surface area contributed by atoms with Crippen LogP contribution in [0.1, 0.15) is 49.8 Å². The number of rotatable bonds is 3. The van der Waals surface area contributed by atoms with E-state index in [4.69, 9.17) is 0 Å². The van der Waals surface area contributed by atoms with Crippen LogP contribution in [0, 0.1) is 31.6 Å². The number of hydrogen-bond acceptors (Lipinski definition) is 1. The second kappa shape index (κ2) is 6.09. The number of aryl methyl sites for hydroxylation is 2. The fraction of sp³-hybridized carbons (Fsp3) is 0.667. The first-order valence-electron chi connectivity index (χ1n) is 7.72.